The zero-order chi connectivity index (χ0) is 38.9. The second-order valence-electron chi connectivity index (χ2n) is 15.3. The first-order valence-electron chi connectivity index (χ1n) is 20.2. The summed E-state index contributed by atoms with van der Waals surface area (Å²) < 4.78 is 5.08. The number of nitrogens with zero attached hydrogens (tertiary/aromatic N) is 2. The second kappa shape index (κ2) is 13.6. The fourth-order valence-corrected chi connectivity index (χ4v) is 10.3. The Bertz CT molecular complexity index is 3560. The third-order valence-electron chi connectivity index (χ3n) is 11.9. The first-order valence-corrected chi connectivity index (χ1v) is 21.0. The van der Waals surface area contributed by atoms with E-state index in [1.54, 1.807) is 0 Å². The lowest BCUT2D eigenvalue weighted by Gasteiger charge is -2.26. The Balaban J connectivity index is 0.964. The molecule has 0 saturated heterocycles. The predicted octanol–water partition coefficient (Wildman–Crippen LogP) is 16.3. The molecule has 0 unspecified atom stereocenters. The molecule has 0 bridgehead atoms. The van der Waals surface area contributed by atoms with E-state index in [2.05, 4.69) is 228 Å². The van der Waals surface area contributed by atoms with Crippen LogP contribution in [0.25, 0.3) is 91.5 Å². The van der Waals surface area contributed by atoms with E-state index in [0.29, 0.717) is 0 Å². The van der Waals surface area contributed by atoms with Gasteiger partial charge in [-0.1, -0.05) is 140 Å². The Hall–Kier alpha value is -7.46. The van der Waals surface area contributed by atoms with Gasteiger partial charge in [0.15, 0.2) is 0 Å². The number of thiophene rings is 1. The minimum absolute atomic E-state index is 1.11. The molecule has 0 N–H and O–H groups in total. The van der Waals surface area contributed by atoms with Gasteiger partial charge in [-0.3, -0.25) is 0 Å². The smallest absolute Gasteiger partial charge is 0.0547 e. The highest BCUT2D eigenvalue weighted by molar-refractivity contribution is 7.25. The van der Waals surface area contributed by atoms with Crippen LogP contribution in [0.15, 0.2) is 218 Å². The molecule has 0 spiro atoms. The van der Waals surface area contributed by atoms with Crippen LogP contribution in [-0.2, 0) is 0 Å². The van der Waals surface area contributed by atoms with Crippen LogP contribution in [0, 0.1) is 0 Å². The highest BCUT2D eigenvalue weighted by atomic mass is 32.1. The van der Waals surface area contributed by atoms with Gasteiger partial charge in [-0.05, 0) is 123 Å². The standard InChI is InChI=1S/C56H36N2S/c1-2-14-42(15-3-1)57(43-29-26-37(27-30-43)39-28-32-47-41(34-39)25-24-38-12-4-5-17-46(38)47)44-16-10-13-40(35-44)48-20-11-22-53-56(48)50-19-6-8-21-52(50)58(53)45-31-33-55-51(36-45)49-18-7-9-23-54(49)59-55/h1-36H. The number of hydrogen-bond acceptors (Lipinski definition) is 2. The van der Waals surface area contributed by atoms with E-state index in [1.165, 1.54) is 91.5 Å². The summed E-state index contributed by atoms with van der Waals surface area (Å²) in [5, 5.41) is 10.2. The van der Waals surface area contributed by atoms with E-state index < -0.39 is 0 Å². The lowest BCUT2D eigenvalue weighted by molar-refractivity contribution is 1.19. The van der Waals surface area contributed by atoms with Crippen LogP contribution in [-0.4, -0.2) is 4.57 Å². The summed E-state index contributed by atoms with van der Waals surface area (Å²) in [6, 6.07) is 79.9. The Morgan fingerprint density at radius 1 is 0.339 bits per heavy atom. The normalized spacial score (nSPS) is 11.7. The van der Waals surface area contributed by atoms with E-state index in [1.807, 2.05) is 11.3 Å². The van der Waals surface area contributed by atoms with Crippen molar-refractivity contribution in [3.8, 4) is 27.9 Å². The van der Waals surface area contributed by atoms with Gasteiger partial charge in [-0.2, -0.15) is 0 Å². The fraction of sp³-hybridized carbons (Fsp3) is 0. The minimum atomic E-state index is 1.11. The van der Waals surface area contributed by atoms with Crippen molar-refractivity contribution >= 4 is 91.9 Å². The van der Waals surface area contributed by atoms with Gasteiger partial charge in [0.25, 0.3) is 0 Å². The lowest BCUT2D eigenvalue weighted by Crippen LogP contribution is -2.09. The molecule has 2 nitrogen and oxygen atoms in total. The van der Waals surface area contributed by atoms with E-state index in [4.69, 9.17) is 0 Å². The molecule has 12 aromatic rings. The largest absolute Gasteiger partial charge is 0.310 e. The van der Waals surface area contributed by atoms with Crippen molar-refractivity contribution < 1.29 is 0 Å². The molecule has 0 atom stereocenters. The Morgan fingerprint density at radius 3 is 1.90 bits per heavy atom. The molecule has 3 heteroatoms. The van der Waals surface area contributed by atoms with Gasteiger partial charge < -0.3 is 9.47 Å². The number of benzene rings is 10. The first kappa shape index (κ1) is 33.7. The van der Waals surface area contributed by atoms with E-state index in [-0.39, 0.29) is 0 Å². The van der Waals surface area contributed by atoms with Gasteiger partial charge in [-0.25, -0.2) is 0 Å². The van der Waals surface area contributed by atoms with Gasteiger partial charge in [0.2, 0.25) is 0 Å². The van der Waals surface area contributed by atoms with Crippen LogP contribution in [0.3, 0.4) is 0 Å². The SMILES string of the molecule is c1ccc(N(c2ccc(-c3ccc4c(ccc5ccccc54)c3)cc2)c2cccc(-c3cccc4c3c3ccccc3n4-c3ccc4sc5ccccc5c4c3)c2)cc1. The average Bonchev–Trinajstić information content (AvgIpc) is 3.85. The van der Waals surface area contributed by atoms with Crippen molar-refractivity contribution in [3.05, 3.63) is 218 Å². The minimum Gasteiger partial charge on any atom is -0.310 e. The monoisotopic (exact) mass is 768 g/mol. The van der Waals surface area contributed by atoms with Gasteiger partial charge in [0.1, 0.15) is 0 Å². The molecule has 59 heavy (non-hydrogen) atoms. The maximum atomic E-state index is 2.44. The maximum Gasteiger partial charge on any atom is 0.0547 e. The Kier molecular flexibility index (Phi) is 7.75. The van der Waals surface area contributed by atoms with Crippen LogP contribution in [0.5, 0.6) is 0 Å². The zero-order valence-corrected chi connectivity index (χ0v) is 32.9. The second-order valence-corrected chi connectivity index (χ2v) is 16.4. The summed E-state index contributed by atoms with van der Waals surface area (Å²) >= 11 is 1.86. The van der Waals surface area contributed by atoms with Crippen LogP contribution in [0.4, 0.5) is 17.1 Å². The van der Waals surface area contributed by atoms with E-state index in [0.717, 1.165) is 17.1 Å². The Morgan fingerprint density at radius 2 is 1.00 bits per heavy atom. The highest BCUT2D eigenvalue weighted by Gasteiger charge is 2.19. The summed E-state index contributed by atoms with van der Waals surface area (Å²) in [5.74, 6) is 0. The van der Waals surface area contributed by atoms with Crippen molar-refractivity contribution in [2.24, 2.45) is 0 Å². The number of aromatic nitrogens is 1. The topological polar surface area (TPSA) is 8.17 Å². The fourth-order valence-electron chi connectivity index (χ4n) is 9.22. The third-order valence-corrected chi connectivity index (χ3v) is 13.1. The molecule has 0 aliphatic carbocycles. The molecule has 12 rings (SSSR count). The van der Waals surface area contributed by atoms with Crippen molar-refractivity contribution in [2.75, 3.05) is 4.90 Å². The number of rotatable bonds is 6. The molecule has 0 fully saturated rings. The summed E-state index contributed by atoms with van der Waals surface area (Å²) in [5.41, 5.74) is 11.7. The van der Waals surface area contributed by atoms with Crippen LogP contribution >= 0.6 is 11.3 Å². The quantitative estimate of drug-likeness (QED) is 0.153. The molecule has 2 heterocycles. The number of fused-ring (bicyclic) bond motifs is 9. The number of para-hydroxylation sites is 2. The van der Waals surface area contributed by atoms with Crippen molar-refractivity contribution in [2.45, 2.75) is 0 Å². The maximum absolute atomic E-state index is 2.44. The van der Waals surface area contributed by atoms with Crippen LogP contribution < -0.4 is 4.90 Å². The van der Waals surface area contributed by atoms with Gasteiger partial charge in [0, 0.05) is 53.7 Å². The molecule has 0 radical (unpaired) electrons. The molecule has 0 saturated carbocycles. The molecule has 10 aromatic carbocycles. The van der Waals surface area contributed by atoms with Crippen LogP contribution in [0.2, 0.25) is 0 Å². The van der Waals surface area contributed by atoms with Gasteiger partial charge in [0.05, 0.1) is 11.0 Å². The third kappa shape index (κ3) is 5.55. The molecular weight excluding hydrogens is 733 g/mol. The molecule has 0 amide bonds. The summed E-state index contributed by atoms with van der Waals surface area (Å²) in [4.78, 5) is 2.36. The van der Waals surface area contributed by atoms with E-state index in [9.17, 15) is 0 Å². The van der Waals surface area contributed by atoms with E-state index >= 15 is 0 Å². The van der Waals surface area contributed by atoms with Gasteiger partial charge >= 0.3 is 0 Å². The van der Waals surface area contributed by atoms with Crippen molar-refractivity contribution in [3.63, 3.8) is 0 Å². The zero-order valence-electron chi connectivity index (χ0n) is 32.1. The average molecular weight is 769 g/mol. The molecule has 2 aromatic heterocycles. The first-order chi connectivity index (χ1) is 29.2. The summed E-state index contributed by atoms with van der Waals surface area (Å²) in [6.07, 6.45) is 0. The molecule has 0 aliphatic heterocycles. The number of anilines is 3. The predicted molar refractivity (Wildman–Crippen MR) is 254 cm³/mol. The summed E-state index contributed by atoms with van der Waals surface area (Å²) in [6.45, 7) is 0. The summed E-state index contributed by atoms with van der Waals surface area (Å²) in [7, 11) is 0. The lowest BCUT2D eigenvalue weighted by atomic mass is 9.97. The van der Waals surface area contributed by atoms with Gasteiger partial charge in [-0.15, -0.1) is 11.3 Å². The van der Waals surface area contributed by atoms with Crippen LogP contribution in [0.1, 0.15) is 0 Å². The Labute approximate surface area is 346 Å². The van der Waals surface area contributed by atoms with Crippen molar-refractivity contribution in [1.29, 1.82) is 0 Å². The number of hydrogen-bond donors (Lipinski definition) is 0. The highest BCUT2D eigenvalue weighted by Crippen LogP contribution is 2.43. The van der Waals surface area contributed by atoms with Crippen molar-refractivity contribution in [1.82, 2.24) is 4.57 Å². The molecule has 276 valence electrons. The molecule has 0 aliphatic rings. The molecular formula is C56H36N2S.